The van der Waals surface area contributed by atoms with Gasteiger partial charge in [-0.05, 0) is 30.7 Å². The van der Waals surface area contributed by atoms with E-state index in [-0.39, 0.29) is 5.56 Å². The molecule has 0 fully saturated rings. The van der Waals surface area contributed by atoms with Gasteiger partial charge in [0.1, 0.15) is 0 Å². The first-order chi connectivity index (χ1) is 8.88. The maximum absolute atomic E-state index is 13.1. The molecular formula is C13H14F3N3. The van der Waals surface area contributed by atoms with E-state index in [1.807, 2.05) is 13.0 Å². The van der Waals surface area contributed by atoms with Crippen molar-refractivity contribution in [3.05, 3.63) is 52.6 Å². The highest BCUT2D eigenvalue weighted by Gasteiger charge is 2.16. The average molecular weight is 269 g/mol. The average Bonchev–Trinajstić information content (AvgIpc) is 2.64. The number of benzene rings is 1. The van der Waals surface area contributed by atoms with E-state index in [1.165, 1.54) is 0 Å². The summed E-state index contributed by atoms with van der Waals surface area (Å²) < 4.78 is 40.8. The molecule has 3 nitrogen and oxygen atoms in total. The third kappa shape index (κ3) is 2.78. The monoisotopic (exact) mass is 269 g/mol. The second-order valence-corrected chi connectivity index (χ2v) is 4.51. The highest BCUT2D eigenvalue weighted by Crippen LogP contribution is 2.21. The van der Waals surface area contributed by atoms with E-state index in [9.17, 15) is 13.2 Å². The number of nitrogens with zero attached hydrogens (tertiary/aromatic N) is 2. The van der Waals surface area contributed by atoms with Crippen LogP contribution in [0.25, 0.3) is 0 Å². The molecule has 0 spiro atoms. The lowest BCUT2D eigenvalue weighted by Crippen LogP contribution is -2.16. The molecule has 1 unspecified atom stereocenters. The summed E-state index contributed by atoms with van der Waals surface area (Å²) in [6.07, 6.45) is 0.363. The van der Waals surface area contributed by atoms with Gasteiger partial charge in [-0.25, -0.2) is 13.2 Å². The zero-order chi connectivity index (χ0) is 14.2. The van der Waals surface area contributed by atoms with Crippen LogP contribution in [0.2, 0.25) is 0 Å². The minimum Gasteiger partial charge on any atom is -0.324 e. The zero-order valence-corrected chi connectivity index (χ0v) is 10.6. The van der Waals surface area contributed by atoms with Gasteiger partial charge in [0.25, 0.3) is 0 Å². The van der Waals surface area contributed by atoms with Crippen LogP contribution in [0.1, 0.15) is 23.0 Å². The van der Waals surface area contributed by atoms with Crippen LogP contribution in [-0.4, -0.2) is 9.78 Å². The lowest BCUT2D eigenvalue weighted by molar-refractivity contribution is 0.443. The quantitative estimate of drug-likeness (QED) is 0.869. The second kappa shape index (κ2) is 5.05. The van der Waals surface area contributed by atoms with E-state index >= 15 is 0 Å². The molecule has 1 atom stereocenters. The number of rotatable bonds is 3. The van der Waals surface area contributed by atoms with Crippen molar-refractivity contribution in [2.24, 2.45) is 12.8 Å². The second-order valence-electron chi connectivity index (χ2n) is 4.51. The molecule has 0 saturated carbocycles. The molecule has 2 aromatic rings. The summed E-state index contributed by atoms with van der Waals surface area (Å²) in [5.41, 5.74) is 7.79. The lowest BCUT2D eigenvalue weighted by Gasteiger charge is -2.12. The van der Waals surface area contributed by atoms with Crippen molar-refractivity contribution < 1.29 is 13.2 Å². The summed E-state index contributed by atoms with van der Waals surface area (Å²) in [5.74, 6) is -3.94. The number of nitrogens with two attached hydrogens (primary N) is 1. The van der Waals surface area contributed by atoms with Gasteiger partial charge in [-0.2, -0.15) is 5.10 Å². The largest absolute Gasteiger partial charge is 0.324 e. The predicted molar refractivity (Wildman–Crippen MR) is 64.9 cm³/mol. The maximum atomic E-state index is 13.1. The first-order valence-electron chi connectivity index (χ1n) is 5.78. The fourth-order valence-electron chi connectivity index (χ4n) is 1.99. The van der Waals surface area contributed by atoms with Gasteiger partial charge in [-0.1, -0.05) is 0 Å². The van der Waals surface area contributed by atoms with Gasteiger partial charge in [-0.3, -0.25) is 4.68 Å². The summed E-state index contributed by atoms with van der Waals surface area (Å²) in [6, 6.07) is 3.06. The first-order valence-corrected chi connectivity index (χ1v) is 5.78. The Balaban J connectivity index is 2.25. The Morgan fingerprint density at radius 3 is 2.26 bits per heavy atom. The standard InChI is InChI=1S/C13H14F3N3/c1-7-3-9(19(2)18-7)6-12(17)8-4-10(14)13(16)11(15)5-8/h3-5,12H,6,17H2,1-2H3. The summed E-state index contributed by atoms with van der Waals surface area (Å²) in [4.78, 5) is 0. The van der Waals surface area contributed by atoms with E-state index in [1.54, 1.807) is 11.7 Å². The van der Waals surface area contributed by atoms with Gasteiger partial charge in [0.05, 0.1) is 5.69 Å². The van der Waals surface area contributed by atoms with Crippen molar-refractivity contribution in [2.45, 2.75) is 19.4 Å². The summed E-state index contributed by atoms with van der Waals surface area (Å²) in [7, 11) is 1.76. The predicted octanol–water partition coefficient (Wildman–Crippen LogP) is 2.39. The molecule has 0 saturated heterocycles. The van der Waals surface area contributed by atoms with Crippen LogP contribution >= 0.6 is 0 Å². The fraction of sp³-hybridized carbons (Fsp3) is 0.308. The fourth-order valence-corrected chi connectivity index (χ4v) is 1.99. The van der Waals surface area contributed by atoms with Crippen molar-refractivity contribution in [1.82, 2.24) is 9.78 Å². The highest BCUT2D eigenvalue weighted by atomic mass is 19.2. The Morgan fingerprint density at radius 2 is 1.79 bits per heavy atom. The van der Waals surface area contributed by atoms with E-state index in [0.717, 1.165) is 23.5 Å². The van der Waals surface area contributed by atoms with E-state index in [2.05, 4.69) is 5.10 Å². The smallest absolute Gasteiger partial charge is 0.194 e. The van der Waals surface area contributed by atoms with E-state index < -0.39 is 23.5 Å². The van der Waals surface area contributed by atoms with Crippen molar-refractivity contribution in [2.75, 3.05) is 0 Å². The van der Waals surface area contributed by atoms with Crippen LogP contribution in [0.15, 0.2) is 18.2 Å². The summed E-state index contributed by atoms with van der Waals surface area (Å²) in [6.45, 7) is 1.84. The Morgan fingerprint density at radius 1 is 1.21 bits per heavy atom. The Labute approximate surface area is 108 Å². The molecule has 2 N–H and O–H groups in total. The molecule has 0 aliphatic carbocycles. The molecule has 0 bridgehead atoms. The third-order valence-electron chi connectivity index (χ3n) is 2.96. The van der Waals surface area contributed by atoms with Crippen LogP contribution in [0, 0.1) is 24.4 Å². The van der Waals surface area contributed by atoms with E-state index in [0.29, 0.717) is 6.42 Å². The minimum atomic E-state index is -1.48. The van der Waals surface area contributed by atoms with Crippen molar-refractivity contribution in [1.29, 1.82) is 0 Å². The zero-order valence-electron chi connectivity index (χ0n) is 10.6. The molecule has 6 heteroatoms. The molecule has 102 valence electrons. The van der Waals surface area contributed by atoms with Crippen LogP contribution in [-0.2, 0) is 13.5 Å². The molecule has 0 aliphatic rings. The number of hydrogen-bond acceptors (Lipinski definition) is 2. The van der Waals surface area contributed by atoms with Gasteiger partial charge in [0.15, 0.2) is 17.5 Å². The number of halogens is 3. The number of aromatic nitrogens is 2. The van der Waals surface area contributed by atoms with Crippen LogP contribution < -0.4 is 5.73 Å². The molecule has 0 radical (unpaired) electrons. The topological polar surface area (TPSA) is 43.8 Å². The molecule has 0 aliphatic heterocycles. The molecule has 2 rings (SSSR count). The molecule has 1 heterocycles. The Hall–Kier alpha value is -1.82. The molecule has 0 amide bonds. The molecule has 19 heavy (non-hydrogen) atoms. The molecule has 1 aromatic heterocycles. The number of aryl methyl sites for hydroxylation is 2. The number of hydrogen-bond donors (Lipinski definition) is 1. The van der Waals surface area contributed by atoms with Gasteiger partial charge >= 0.3 is 0 Å². The highest BCUT2D eigenvalue weighted by molar-refractivity contribution is 5.24. The van der Waals surface area contributed by atoms with Gasteiger partial charge in [-0.15, -0.1) is 0 Å². The van der Waals surface area contributed by atoms with Gasteiger partial charge < -0.3 is 5.73 Å². The molecule has 1 aromatic carbocycles. The van der Waals surface area contributed by atoms with Crippen molar-refractivity contribution in [3.8, 4) is 0 Å². The first kappa shape index (κ1) is 13.6. The van der Waals surface area contributed by atoms with E-state index in [4.69, 9.17) is 5.73 Å². The lowest BCUT2D eigenvalue weighted by atomic mass is 10.0. The normalized spacial score (nSPS) is 12.7. The SMILES string of the molecule is Cc1cc(CC(N)c2cc(F)c(F)c(F)c2)n(C)n1. The van der Waals surface area contributed by atoms with Crippen molar-refractivity contribution in [3.63, 3.8) is 0 Å². The Bertz CT molecular complexity index is 584. The summed E-state index contributed by atoms with van der Waals surface area (Å²) in [5, 5.41) is 4.16. The minimum absolute atomic E-state index is 0.218. The summed E-state index contributed by atoms with van der Waals surface area (Å²) >= 11 is 0. The van der Waals surface area contributed by atoms with Gasteiger partial charge in [0, 0.05) is 25.2 Å². The third-order valence-corrected chi connectivity index (χ3v) is 2.96. The Kier molecular flexibility index (Phi) is 3.61. The van der Waals surface area contributed by atoms with Crippen molar-refractivity contribution >= 4 is 0 Å². The van der Waals surface area contributed by atoms with Crippen LogP contribution in [0.4, 0.5) is 13.2 Å². The van der Waals surface area contributed by atoms with Gasteiger partial charge in [0.2, 0.25) is 0 Å². The van der Waals surface area contributed by atoms with Crippen LogP contribution in [0.5, 0.6) is 0 Å². The molecular weight excluding hydrogens is 255 g/mol. The van der Waals surface area contributed by atoms with Crippen LogP contribution in [0.3, 0.4) is 0 Å². The maximum Gasteiger partial charge on any atom is 0.194 e.